The Kier molecular flexibility index (Phi) is 9.16. The Morgan fingerprint density at radius 1 is 1.33 bits per heavy atom. The average Bonchev–Trinajstić information content (AvgIpc) is 2.89. The van der Waals surface area contributed by atoms with E-state index in [1.54, 1.807) is 0 Å². The number of aliphatic imine (C=N–C) groups is 1. The second-order valence-electron chi connectivity index (χ2n) is 6.14. The monoisotopic (exact) mass is 315 g/mol. The van der Waals surface area contributed by atoms with E-state index in [4.69, 9.17) is 10.1 Å². The fourth-order valence-electron chi connectivity index (χ4n) is 2.73. The Morgan fingerprint density at radius 3 is 2.71 bits per heavy atom. The highest BCUT2D eigenvalue weighted by atomic mass is 32.2. The molecule has 0 bridgehead atoms. The molecule has 2 unspecified atom stereocenters. The summed E-state index contributed by atoms with van der Waals surface area (Å²) in [7, 11) is 0. The van der Waals surface area contributed by atoms with Crippen LogP contribution in [-0.2, 0) is 0 Å². The van der Waals surface area contributed by atoms with Gasteiger partial charge in [0.2, 0.25) is 0 Å². The molecule has 5 heteroatoms. The first-order chi connectivity index (χ1) is 10.1. The molecule has 0 amide bonds. The molecule has 124 valence electrons. The average molecular weight is 316 g/mol. The first-order valence-electron chi connectivity index (χ1n) is 8.40. The summed E-state index contributed by atoms with van der Waals surface area (Å²) < 4.78 is 0.316. The van der Waals surface area contributed by atoms with Crippen molar-refractivity contribution in [3.63, 3.8) is 0 Å². The van der Waals surface area contributed by atoms with Gasteiger partial charge in [-0.25, -0.2) is 0 Å². The van der Waals surface area contributed by atoms with Crippen molar-refractivity contribution in [3.05, 3.63) is 0 Å². The molecule has 2 atom stereocenters. The van der Waals surface area contributed by atoms with Gasteiger partial charge >= 0.3 is 0 Å². The summed E-state index contributed by atoms with van der Waals surface area (Å²) >= 11 is 2.05. The van der Waals surface area contributed by atoms with Gasteiger partial charge in [-0.1, -0.05) is 13.3 Å². The van der Waals surface area contributed by atoms with Gasteiger partial charge in [0.25, 0.3) is 0 Å². The molecule has 0 aliphatic carbocycles. The number of nitrogens with one attached hydrogen (secondary N) is 2. The van der Waals surface area contributed by atoms with Crippen molar-refractivity contribution >= 4 is 17.7 Å². The van der Waals surface area contributed by atoms with Crippen LogP contribution in [-0.4, -0.2) is 47.8 Å². The number of rotatable bonds is 9. The van der Waals surface area contributed by atoms with Crippen LogP contribution in [0.5, 0.6) is 0 Å². The van der Waals surface area contributed by atoms with E-state index in [2.05, 4.69) is 31.4 Å². The zero-order chi connectivity index (χ0) is 15.6. The van der Waals surface area contributed by atoms with Crippen LogP contribution in [0, 0.1) is 5.92 Å². The maximum absolute atomic E-state index is 9.14. The van der Waals surface area contributed by atoms with Gasteiger partial charge in [0.1, 0.15) is 0 Å². The zero-order valence-corrected chi connectivity index (χ0v) is 14.8. The van der Waals surface area contributed by atoms with Crippen molar-refractivity contribution in [1.29, 1.82) is 0 Å². The standard InChI is InChI=1S/C16H33N3OS/c1-4-7-14(8-10-20)12-18-15(17-5-2)19-13-16(3)9-6-11-21-16/h14,20H,4-13H2,1-3H3,(H2,17,18,19). The van der Waals surface area contributed by atoms with Crippen molar-refractivity contribution in [1.82, 2.24) is 10.6 Å². The van der Waals surface area contributed by atoms with E-state index in [9.17, 15) is 0 Å². The predicted octanol–water partition coefficient (Wildman–Crippen LogP) is 2.63. The molecule has 1 aliphatic rings. The van der Waals surface area contributed by atoms with Crippen LogP contribution in [0.2, 0.25) is 0 Å². The Balaban J connectivity index is 2.47. The van der Waals surface area contributed by atoms with Crippen LogP contribution in [0.15, 0.2) is 4.99 Å². The smallest absolute Gasteiger partial charge is 0.191 e. The van der Waals surface area contributed by atoms with Crippen LogP contribution in [0.25, 0.3) is 0 Å². The molecule has 0 aromatic carbocycles. The Hall–Kier alpha value is -0.420. The number of hydrogen-bond donors (Lipinski definition) is 3. The van der Waals surface area contributed by atoms with E-state index < -0.39 is 0 Å². The third-order valence-corrected chi connectivity index (χ3v) is 5.53. The fourth-order valence-corrected chi connectivity index (χ4v) is 3.96. The molecule has 0 aromatic rings. The molecule has 4 nitrogen and oxygen atoms in total. The lowest BCUT2D eigenvalue weighted by Gasteiger charge is -2.22. The second kappa shape index (κ2) is 10.3. The van der Waals surface area contributed by atoms with E-state index in [1.807, 2.05) is 11.8 Å². The summed E-state index contributed by atoms with van der Waals surface area (Å²) in [6.07, 6.45) is 5.77. The van der Waals surface area contributed by atoms with E-state index in [0.29, 0.717) is 10.7 Å². The first kappa shape index (κ1) is 18.6. The number of nitrogens with zero attached hydrogens (tertiary/aromatic N) is 1. The normalized spacial score (nSPS) is 24.1. The van der Waals surface area contributed by atoms with Crippen molar-refractivity contribution in [3.8, 4) is 0 Å². The summed E-state index contributed by atoms with van der Waals surface area (Å²) in [6, 6.07) is 0. The minimum Gasteiger partial charge on any atom is -0.396 e. The van der Waals surface area contributed by atoms with Gasteiger partial charge in [0, 0.05) is 24.4 Å². The lowest BCUT2D eigenvalue weighted by atomic mass is 10.0. The minimum absolute atomic E-state index is 0.273. The fraction of sp³-hybridized carbons (Fsp3) is 0.938. The maximum Gasteiger partial charge on any atom is 0.191 e. The highest BCUT2D eigenvalue weighted by molar-refractivity contribution is 8.00. The van der Waals surface area contributed by atoms with Crippen LogP contribution < -0.4 is 10.6 Å². The number of guanidine groups is 1. The maximum atomic E-state index is 9.14. The molecule has 0 radical (unpaired) electrons. The Morgan fingerprint density at radius 2 is 2.14 bits per heavy atom. The van der Waals surface area contributed by atoms with E-state index in [1.165, 1.54) is 18.6 Å². The topological polar surface area (TPSA) is 56.6 Å². The minimum atomic E-state index is 0.273. The second-order valence-corrected chi connectivity index (χ2v) is 7.83. The molecule has 1 aliphatic heterocycles. The van der Waals surface area contributed by atoms with Crippen LogP contribution in [0.1, 0.15) is 52.9 Å². The van der Waals surface area contributed by atoms with Crippen LogP contribution in [0.4, 0.5) is 0 Å². The quantitative estimate of drug-likeness (QED) is 0.452. The Bertz CT molecular complexity index is 298. The molecule has 0 aromatic heterocycles. The van der Waals surface area contributed by atoms with Gasteiger partial charge in [0.15, 0.2) is 5.96 Å². The van der Waals surface area contributed by atoms with Gasteiger partial charge in [-0.05, 0) is 51.2 Å². The number of aliphatic hydroxyl groups excluding tert-OH is 1. The van der Waals surface area contributed by atoms with E-state index in [0.717, 1.165) is 44.9 Å². The van der Waals surface area contributed by atoms with Gasteiger partial charge in [-0.15, -0.1) is 0 Å². The van der Waals surface area contributed by atoms with Crippen LogP contribution >= 0.6 is 11.8 Å². The van der Waals surface area contributed by atoms with Gasteiger partial charge in [-0.2, -0.15) is 11.8 Å². The molecule has 1 fully saturated rings. The lowest BCUT2D eigenvalue weighted by molar-refractivity contribution is 0.251. The number of thioether (sulfide) groups is 1. The van der Waals surface area contributed by atoms with Crippen molar-refractivity contribution in [2.24, 2.45) is 10.9 Å². The molecule has 1 heterocycles. The third kappa shape index (κ3) is 7.41. The Labute approximate surface area is 134 Å². The number of aliphatic hydroxyl groups is 1. The van der Waals surface area contributed by atoms with Crippen molar-refractivity contribution < 1.29 is 5.11 Å². The SMILES string of the molecule is CCCC(CCO)CNC(=NCC1(C)CCCS1)NCC. The van der Waals surface area contributed by atoms with Gasteiger partial charge < -0.3 is 15.7 Å². The molecule has 1 saturated heterocycles. The first-order valence-corrected chi connectivity index (χ1v) is 9.39. The zero-order valence-electron chi connectivity index (χ0n) is 14.0. The van der Waals surface area contributed by atoms with E-state index in [-0.39, 0.29) is 6.61 Å². The summed E-state index contributed by atoms with van der Waals surface area (Å²) in [4.78, 5) is 4.77. The predicted molar refractivity (Wildman–Crippen MR) is 94.2 cm³/mol. The molecule has 0 saturated carbocycles. The molecule has 0 spiro atoms. The summed E-state index contributed by atoms with van der Waals surface area (Å²) in [6.45, 7) is 9.55. The molecule has 3 N–H and O–H groups in total. The molecular weight excluding hydrogens is 282 g/mol. The van der Waals surface area contributed by atoms with Gasteiger partial charge in [0.05, 0.1) is 6.54 Å². The highest BCUT2D eigenvalue weighted by Gasteiger charge is 2.29. The highest BCUT2D eigenvalue weighted by Crippen LogP contribution is 2.37. The molecule has 1 rings (SSSR count). The summed E-state index contributed by atoms with van der Waals surface area (Å²) in [5.41, 5.74) is 0. The van der Waals surface area contributed by atoms with Gasteiger partial charge in [-0.3, -0.25) is 4.99 Å². The third-order valence-electron chi connectivity index (χ3n) is 4.01. The van der Waals surface area contributed by atoms with Crippen LogP contribution in [0.3, 0.4) is 0 Å². The van der Waals surface area contributed by atoms with E-state index >= 15 is 0 Å². The largest absolute Gasteiger partial charge is 0.396 e. The lowest BCUT2D eigenvalue weighted by Crippen LogP contribution is -2.41. The number of hydrogen-bond acceptors (Lipinski definition) is 3. The summed E-state index contributed by atoms with van der Waals surface area (Å²) in [5, 5.41) is 15.9. The molecular formula is C16H33N3OS. The summed E-state index contributed by atoms with van der Waals surface area (Å²) in [5.74, 6) is 2.72. The molecule has 21 heavy (non-hydrogen) atoms. The van der Waals surface area contributed by atoms with Crippen molar-refractivity contribution in [2.75, 3.05) is 32.0 Å². The van der Waals surface area contributed by atoms with Crippen molar-refractivity contribution in [2.45, 2.75) is 57.6 Å².